The maximum atomic E-state index is 2.46. The first-order chi connectivity index (χ1) is 20.8. The van der Waals surface area contributed by atoms with Gasteiger partial charge in [0.15, 0.2) is 0 Å². The lowest BCUT2D eigenvalue weighted by molar-refractivity contribution is 1.32. The summed E-state index contributed by atoms with van der Waals surface area (Å²) in [7, 11) is 0. The van der Waals surface area contributed by atoms with Crippen molar-refractivity contribution in [2.45, 2.75) is 12.8 Å². The Hall–Kier alpha value is -5.20. The summed E-state index contributed by atoms with van der Waals surface area (Å²) in [5.74, 6) is 0. The molecule has 0 saturated heterocycles. The molecule has 0 aromatic heterocycles. The number of benzene rings is 7. The molecule has 7 aromatic rings. The first kappa shape index (κ1) is 23.5. The molecule has 0 amide bonds. The second-order valence-corrected chi connectivity index (χ2v) is 11.7. The smallest absolute Gasteiger partial charge is 0.00132 e. The Kier molecular flexibility index (Phi) is 5.12. The molecule has 0 aliphatic heterocycles. The van der Waals surface area contributed by atoms with Crippen LogP contribution in [0.3, 0.4) is 0 Å². The number of allylic oxidation sites excluding steroid dienone is 2. The van der Waals surface area contributed by atoms with Gasteiger partial charge in [-0.15, -0.1) is 0 Å². The zero-order valence-electron chi connectivity index (χ0n) is 23.3. The SMILES string of the molecule is C1=C(c2c3ccccc3c(C3=Cc4ccccc4C3)c3cc(-c4ccc5ccccc5c4)ccc23)Cc2ccccc21. The normalized spacial score (nSPS) is 13.8. The summed E-state index contributed by atoms with van der Waals surface area (Å²) in [4.78, 5) is 0. The fraction of sp³-hybridized carbons (Fsp3) is 0.0476. The third-order valence-corrected chi connectivity index (χ3v) is 9.28. The minimum absolute atomic E-state index is 0.961. The monoisotopic (exact) mass is 532 g/mol. The highest BCUT2D eigenvalue weighted by molar-refractivity contribution is 6.20. The van der Waals surface area contributed by atoms with Crippen molar-refractivity contribution in [2.24, 2.45) is 0 Å². The van der Waals surface area contributed by atoms with Crippen LogP contribution in [0.1, 0.15) is 33.4 Å². The zero-order valence-corrected chi connectivity index (χ0v) is 23.3. The topological polar surface area (TPSA) is 0 Å². The Morgan fingerprint density at radius 2 is 0.857 bits per heavy atom. The molecule has 0 heterocycles. The highest BCUT2D eigenvalue weighted by Gasteiger charge is 2.24. The van der Waals surface area contributed by atoms with Gasteiger partial charge in [0.1, 0.15) is 0 Å². The average Bonchev–Trinajstić information content (AvgIpc) is 3.67. The molecule has 0 atom stereocenters. The van der Waals surface area contributed by atoms with Crippen molar-refractivity contribution in [3.8, 4) is 11.1 Å². The summed E-state index contributed by atoms with van der Waals surface area (Å²) in [6, 6.07) is 49.4. The standard InChI is InChI=1S/C42H28/c1-2-10-28-21-33(18-17-27(28)9-1)34-19-20-39-40(26-34)42(36-24-31-13-5-6-14-32(31)25-36)38-16-8-7-15-37(38)41(39)35-22-29-11-3-4-12-30(29)23-35/h1-22,24,26H,23,25H2. The summed E-state index contributed by atoms with van der Waals surface area (Å²) in [5.41, 5.74) is 13.6. The average molecular weight is 533 g/mol. The number of fused-ring (bicyclic) bond motifs is 5. The molecule has 42 heavy (non-hydrogen) atoms. The van der Waals surface area contributed by atoms with Crippen molar-refractivity contribution in [2.75, 3.05) is 0 Å². The van der Waals surface area contributed by atoms with E-state index in [1.54, 1.807) is 0 Å². The van der Waals surface area contributed by atoms with E-state index in [1.807, 2.05) is 0 Å². The lowest BCUT2D eigenvalue weighted by Gasteiger charge is -2.20. The molecule has 7 aromatic carbocycles. The van der Waals surface area contributed by atoms with Gasteiger partial charge in [-0.05, 0) is 113 Å². The van der Waals surface area contributed by atoms with Gasteiger partial charge in [-0.3, -0.25) is 0 Å². The van der Waals surface area contributed by atoms with E-state index in [1.165, 1.54) is 88.0 Å². The van der Waals surface area contributed by atoms with Crippen LogP contribution in [-0.4, -0.2) is 0 Å². The van der Waals surface area contributed by atoms with Gasteiger partial charge >= 0.3 is 0 Å². The van der Waals surface area contributed by atoms with Crippen LogP contribution in [0.15, 0.2) is 133 Å². The van der Waals surface area contributed by atoms with Gasteiger partial charge in [0, 0.05) is 0 Å². The van der Waals surface area contributed by atoms with E-state index in [0.717, 1.165) is 12.8 Å². The van der Waals surface area contributed by atoms with Gasteiger partial charge < -0.3 is 0 Å². The summed E-state index contributed by atoms with van der Waals surface area (Å²) < 4.78 is 0. The second kappa shape index (κ2) is 9.16. The summed E-state index contributed by atoms with van der Waals surface area (Å²) in [6.45, 7) is 0. The van der Waals surface area contributed by atoms with Crippen LogP contribution in [0, 0.1) is 0 Å². The Morgan fingerprint density at radius 1 is 0.357 bits per heavy atom. The molecule has 0 saturated carbocycles. The molecule has 0 radical (unpaired) electrons. The molecule has 0 N–H and O–H groups in total. The first-order valence-electron chi connectivity index (χ1n) is 14.9. The minimum atomic E-state index is 0.961. The van der Waals surface area contributed by atoms with Crippen molar-refractivity contribution in [3.63, 3.8) is 0 Å². The summed E-state index contributed by atoms with van der Waals surface area (Å²) in [5, 5.41) is 7.91. The van der Waals surface area contributed by atoms with Crippen molar-refractivity contribution in [1.29, 1.82) is 0 Å². The van der Waals surface area contributed by atoms with Gasteiger partial charge in [0.05, 0.1) is 0 Å². The van der Waals surface area contributed by atoms with E-state index >= 15 is 0 Å². The number of hydrogen-bond acceptors (Lipinski definition) is 0. The van der Waals surface area contributed by atoms with E-state index in [4.69, 9.17) is 0 Å². The lowest BCUT2D eigenvalue weighted by Crippen LogP contribution is -1.97. The van der Waals surface area contributed by atoms with Gasteiger partial charge in [-0.2, -0.15) is 0 Å². The molecule has 0 spiro atoms. The van der Waals surface area contributed by atoms with Gasteiger partial charge in [0.25, 0.3) is 0 Å². The predicted octanol–water partition coefficient (Wildman–Crippen LogP) is 11.0. The first-order valence-corrected chi connectivity index (χ1v) is 14.9. The van der Waals surface area contributed by atoms with Crippen LogP contribution in [0.25, 0.3) is 66.7 Å². The third kappa shape index (κ3) is 3.62. The quantitative estimate of drug-likeness (QED) is 0.199. The Morgan fingerprint density at radius 3 is 1.52 bits per heavy atom. The summed E-state index contributed by atoms with van der Waals surface area (Å²) >= 11 is 0. The van der Waals surface area contributed by atoms with Crippen LogP contribution in [0.4, 0.5) is 0 Å². The Balaban J connectivity index is 1.34. The van der Waals surface area contributed by atoms with Crippen LogP contribution in [0.2, 0.25) is 0 Å². The molecule has 9 rings (SSSR count). The van der Waals surface area contributed by atoms with Crippen molar-refractivity contribution in [1.82, 2.24) is 0 Å². The number of hydrogen-bond donors (Lipinski definition) is 0. The fourth-order valence-electron chi connectivity index (χ4n) is 7.30. The highest BCUT2D eigenvalue weighted by atomic mass is 14.3. The molecule has 0 bridgehead atoms. The van der Waals surface area contributed by atoms with Crippen molar-refractivity contribution < 1.29 is 0 Å². The maximum Gasteiger partial charge on any atom is -0.00132 e. The van der Waals surface area contributed by atoms with Crippen LogP contribution in [-0.2, 0) is 12.8 Å². The van der Waals surface area contributed by atoms with E-state index in [-0.39, 0.29) is 0 Å². The minimum Gasteiger partial charge on any atom is -0.0619 e. The lowest BCUT2D eigenvalue weighted by atomic mass is 9.83. The van der Waals surface area contributed by atoms with Gasteiger partial charge in [0.2, 0.25) is 0 Å². The van der Waals surface area contributed by atoms with Crippen LogP contribution >= 0.6 is 0 Å². The Labute approximate surface area is 245 Å². The highest BCUT2D eigenvalue weighted by Crippen LogP contribution is 2.46. The fourth-order valence-corrected chi connectivity index (χ4v) is 7.30. The molecule has 0 heteroatoms. The maximum absolute atomic E-state index is 2.46. The van der Waals surface area contributed by atoms with E-state index < -0.39 is 0 Å². The van der Waals surface area contributed by atoms with E-state index in [9.17, 15) is 0 Å². The van der Waals surface area contributed by atoms with E-state index in [0.29, 0.717) is 0 Å². The van der Waals surface area contributed by atoms with Crippen LogP contribution < -0.4 is 0 Å². The molecule has 2 aliphatic carbocycles. The van der Waals surface area contributed by atoms with Gasteiger partial charge in [-0.25, -0.2) is 0 Å². The largest absolute Gasteiger partial charge is 0.0619 e. The predicted molar refractivity (Wildman–Crippen MR) is 180 cm³/mol. The third-order valence-electron chi connectivity index (χ3n) is 9.28. The zero-order chi connectivity index (χ0) is 27.6. The van der Waals surface area contributed by atoms with Crippen molar-refractivity contribution in [3.05, 3.63) is 167 Å². The molecule has 0 fully saturated rings. The van der Waals surface area contributed by atoms with Crippen LogP contribution in [0.5, 0.6) is 0 Å². The second-order valence-electron chi connectivity index (χ2n) is 11.7. The molecule has 2 aliphatic rings. The van der Waals surface area contributed by atoms with E-state index in [2.05, 4.69) is 146 Å². The number of rotatable bonds is 3. The molecule has 0 nitrogen and oxygen atoms in total. The van der Waals surface area contributed by atoms with Gasteiger partial charge in [-0.1, -0.05) is 133 Å². The molecular weight excluding hydrogens is 504 g/mol. The molecule has 196 valence electrons. The summed E-state index contributed by atoms with van der Waals surface area (Å²) in [6.07, 6.45) is 6.76. The Bertz CT molecular complexity index is 2290. The van der Waals surface area contributed by atoms with Crippen molar-refractivity contribution >= 4 is 55.6 Å². The molecule has 0 unspecified atom stereocenters. The molecular formula is C42H28.